The van der Waals surface area contributed by atoms with E-state index in [2.05, 4.69) is 12.0 Å². The number of aliphatic hydroxyl groups excluding tert-OH is 1. The number of fused-ring (bicyclic) bond motifs is 1. The Labute approximate surface area is 99.9 Å². The molecule has 2 aromatic heterocycles. The van der Waals surface area contributed by atoms with Gasteiger partial charge in [-0.05, 0) is 37.8 Å². The highest BCUT2D eigenvalue weighted by molar-refractivity contribution is 5.52. The summed E-state index contributed by atoms with van der Waals surface area (Å²) in [6.07, 6.45) is 2.42. The van der Waals surface area contributed by atoms with E-state index < -0.39 is 0 Å². The predicted molar refractivity (Wildman–Crippen MR) is 67.5 cm³/mol. The summed E-state index contributed by atoms with van der Waals surface area (Å²) in [7, 11) is 0. The second-order valence-corrected chi connectivity index (χ2v) is 4.32. The van der Waals surface area contributed by atoms with Gasteiger partial charge in [-0.2, -0.15) is 0 Å². The standard InChI is InChI=1S/C13H18N2O2/c1-3-11-10(5-4-6-16)8-12-13(17)7-9(2)14-15(11)12/h7-8,14,16H,3-6H2,1-2H3. The maximum atomic E-state index is 11.9. The topological polar surface area (TPSA) is 57.5 Å². The molecule has 0 fully saturated rings. The van der Waals surface area contributed by atoms with E-state index in [-0.39, 0.29) is 12.0 Å². The van der Waals surface area contributed by atoms with Crippen molar-refractivity contribution in [3.63, 3.8) is 0 Å². The fourth-order valence-electron chi connectivity index (χ4n) is 2.26. The van der Waals surface area contributed by atoms with Gasteiger partial charge in [-0.15, -0.1) is 0 Å². The lowest BCUT2D eigenvalue weighted by atomic mass is 10.1. The maximum absolute atomic E-state index is 11.9. The van der Waals surface area contributed by atoms with Gasteiger partial charge < -0.3 is 5.11 Å². The highest BCUT2D eigenvalue weighted by atomic mass is 16.2. The van der Waals surface area contributed by atoms with Gasteiger partial charge in [-0.1, -0.05) is 6.92 Å². The van der Waals surface area contributed by atoms with Gasteiger partial charge in [0.15, 0.2) is 0 Å². The van der Waals surface area contributed by atoms with Crippen molar-refractivity contribution in [2.24, 2.45) is 0 Å². The van der Waals surface area contributed by atoms with Crippen LogP contribution in [-0.2, 0) is 12.8 Å². The number of aryl methyl sites for hydroxylation is 3. The number of rotatable bonds is 4. The van der Waals surface area contributed by atoms with Crippen molar-refractivity contribution < 1.29 is 5.11 Å². The molecule has 0 bridgehead atoms. The number of hydrogen-bond donors (Lipinski definition) is 2. The van der Waals surface area contributed by atoms with Crippen LogP contribution < -0.4 is 5.43 Å². The van der Waals surface area contributed by atoms with Crippen LogP contribution >= 0.6 is 0 Å². The first kappa shape index (κ1) is 11.9. The Balaban J connectivity index is 2.62. The second kappa shape index (κ2) is 4.75. The van der Waals surface area contributed by atoms with Gasteiger partial charge in [-0.25, -0.2) is 0 Å². The first-order valence-corrected chi connectivity index (χ1v) is 6.01. The minimum Gasteiger partial charge on any atom is -0.396 e. The van der Waals surface area contributed by atoms with Gasteiger partial charge in [-0.3, -0.25) is 14.4 Å². The number of nitrogens with zero attached hydrogens (tertiary/aromatic N) is 1. The molecule has 0 atom stereocenters. The van der Waals surface area contributed by atoms with Crippen LogP contribution in [0.4, 0.5) is 0 Å². The van der Waals surface area contributed by atoms with Crippen LogP contribution in [0.3, 0.4) is 0 Å². The van der Waals surface area contributed by atoms with E-state index in [0.717, 1.165) is 36.2 Å². The van der Waals surface area contributed by atoms with Crippen LogP contribution in [0.2, 0.25) is 0 Å². The SMILES string of the molecule is CCc1c(CCCO)cc2c(=O)cc(C)[nH]n12. The third-order valence-electron chi connectivity index (χ3n) is 3.02. The summed E-state index contributed by atoms with van der Waals surface area (Å²) in [5.41, 5.74) is 3.89. The quantitative estimate of drug-likeness (QED) is 0.840. The Kier molecular flexibility index (Phi) is 3.33. The largest absolute Gasteiger partial charge is 0.396 e. The van der Waals surface area contributed by atoms with E-state index in [4.69, 9.17) is 5.11 Å². The van der Waals surface area contributed by atoms with E-state index in [9.17, 15) is 4.79 Å². The molecule has 0 aromatic carbocycles. The second-order valence-electron chi connectivity index (χ2n) is 4.32. The number of H-pyrrole nitrogens is 1. The third-order valence-corrected chi connectivity index (χ3v) is 3.02. The molecule has 2 N–H and O–H groups in total. The van der Waals surface area contributed by atoms with E-state index >= 15 is 0 Å². The zero-order valence-electron chi connectivity index (χ0n) is 10.3. The first-order chi connectivity index (χ1) is 8.17. The molecule has 92 valence electrons. The van der Waals surface area contributed by atoms with Crippen molar-refractivity contribution in [2.45, 2.75) is 33.1 Å². The Hall–Kier alpha value is -1.55. The van der Waals surface area contributed by atoms with Gasteiger partial charge in [0.1, 0.15) is 5.52 Å². The molecule has 0 aliphatic carbocycles. The summed E-state index contributed by atoms with van der Waals surface area (Å²) in [6, 6.07) is 3.55. The van der Waals surface area contributed by atoms with Crippen molar-refractivity contribution in [3.8, 4) is 0 Å². The van der Waals surface area contributed by atoms with Gasteiger partial charge in [0.2, 0.25) is 5.43 Å². The zero-order valence-corrected chi connectivity index (χ0v) is 10.3. The predicted octanol–water partition coefficient (Wildman–Crippen LogP) is 1.42. The summed E-state index contributed by atoms with van der Waals surface area (Å²) >= 11 is 0. The van der Waals surface area contributed by atoms with Crippen LogP contribution in [0.25, 0.3) is 5.52 Å². The van der Waals surface area contributed by atoms with E-state index in [1.54, 1.807) is 6.07 Å². The molecule has 0 aliphatic heterocycles. The summed E-state index contributed by atoms with van der Waals surface area (Å²) in [5, 5.41) is 12.1. The molecular formula is C13H18N2O2. The van der Waals surface area contributed by atoms with Gasteiger partial charge in [0.25, 0.3) is 0 Å². The average Bonchev–Trinajstić information content (AvgIpc) is 2.64. The normalized spacial score (nSPS) is 11.2. The molecule has 4 heteroatoms. The number of nitrogens with one attached hydrogen (secondary N) is 1. The fourth-order valence-corrected chi connectivity index (χ4v) is 2.26. The molecule has 17 heavy (non-hydrogen) atoms. The molecule has 2 aromatic rings. The summed E-state index contributed by atoms with van der Waals surface area (Å²) < 4.78 is 1.88. The lowest BCUT2D eigenvalue weighted by Gasteiger charge is -2.04. The highest BCUT2D eigenvalue weighted by Gasteiger charge is 2.11. The molecule has 0 spiro atoms. The van der Waals surface area contributed by atoms with E-state index in [1.807, 2.05) is 17.5 Å². The van der Waals surface area contributed by atoms with Crippen LogP contribution in [-0.4, -0.2) is 21.3 Å². The zero-order chi connectivity index (χ0) is 12.4. The molecule has 0 amide bonds. The van der Waals surface area contributed by atoms with Crippen LogP contribution in [0.1, 0.15) is 30.3 Å². The average molecular weight is 234 g/mol. The fraction of sp³-hybridized carbons (Fsp3) is 0.462. The molecular weight excluding hydrogens is 216 g/mol. The molecule has 0 radical (unpaired) electrons. The van der Waals surface area contributed by atoms with Crippen LogP contribution in [0, 0.1) is 6.92 Å². The Morgan fingerprint density at radius 2 is 2.18 bits per heavy atom. The Morgan fingerprint density at radius 1 is 1.41 bits per heavy atom. The molecule has 0 saturated carbocycles. The van der Waals surface area contributed by atoms with Crippen molar-refractivity contribution in [2.75, 3.05) is 6.61 Å². The monoisotopic (exact) mass is 234 g/mol. The van der Waals surface area contributed by atoms with Crippen molar-refractivity contribution in [1.82, 2.24) is 9.61 Å². The summed E-state index contributed by atoms with van der Waals surface area (Å²) in [4.78, 5) is 11.9. The number of aromatic amines is 1. The van der Waals surface area contributed by atoms with Gasteiger partial charge >= 0.3 is 0 Å². The molecule has 0 unspecified atom stereocenters. The molecule has 2 rings (SSSR count). The maximum Gasteiger partial charge on any atom is 0.205 e. The van der Waals surface area contributed by atoms with Gasteiger partial charge in [0.05, 0.1) is 0 Å². The van der Waals surface area contributed by atoms with Crippen molar-refractivity contribution in [3.05, 3.63) is 39.3 Å². The molecule has 0 aliphatic rings. The van der Waals surface area contributed by atoms with Crippen LogP contribution in [0.15, 0.2) is 16.9 Å². The minimum atomic E-state index is 0.0474. The van der Waals surface area contributed by atoms with E-state index in [1.165, 1.54) is 0 Å². The lowest BCUT2D eigenvalue weighted by Crippen LogP contribution is -2.09. The lowest BCUT2D eigenvalue weighted by molar-refractivity contribution is 0.288. The smallest absolute Gasteiger partial charge is 0.205 e. The van der Waals surface area contributed by atoms with E-state index in [0.29, 0.717) is 5.52 Å². The van der Waals surface area contributed by atoms with Crippen molar-refractivity contribution >= 4 is 5.52 Å². The minimum absolute atomic E-state index is 0.0474. The Bertz CT molecular complexity index is 581. The number of aromatic nitrogens is 2. The number of hydrogen-bond acceptors (Lipinski definition) is 2. The number of aliphatic hydroxyl groups is 1. The molecule has 4 nitrogen and oxygen atoms in total. The van der Waals surface area contributed by atoms with Crippen LogP contribution in [0.5, 0.6) is 0 Å². The first-order valence-electron chi connectivity index (χ1n) is 6.01. The molecule has 2 heterocycles. The molecule has 0 saturated heterocycles. The summed E-state index contributed by atoms with van der Waals surface area (Å²) in [6.45, 7) is 4.14. The summed E-state index contributed by atoms with van der Waals surface area (Å²) in [5.74, 6) is 0. The van der Waals surface area contributed by atoms with Gasteiger partial charge in [0, 0.05) is 24.1 Å². The highest BCUT2D eigenvalue weighted by Crippen LogP contribution is 2.16. The van der Waals surface area contributed by atoms with Crippen molar-refractivity contribution in [1.29, 1.82) is 0 Å². The Morgan fingerprint density at radius 3 is 2.82 bits per heavy atom. The third kappa shape index (κ3) is 2.13.